The lowest BCUT2D eigenvalue weighted by molar-refractivity contribution is -0.124. The molecular weight excluding hydrogens is 392 g/mol. The van der Waals surface area contributed by atoms with Gasteiger partial charge in [0, 0.05) is 26.2 Å². The summed E-state index contributed by atoms with van der Waals surface area (Å²) in [6.45, 7) is 5.45. The van der Waals surface area contributed by atoms with E-state index in [4.69, 9.17) is 4.74 Å². The molecular formula is C21H30N2O5S. The summed E-state index contributed by atoms with van der Waals surface area (Å²) in [6, 6.07) is 4.72. The topological polar surface area (TPSA) is 84.0 Å². The first-order valence-electron chi connectivity index (χ1n) is 10.4. The molecule has 160 valence electrons. The van der Waals surface area contributed by atoms with Crippen molar-refractivity contribution in [2.75, 3.05) is 31.1 Å². The number of hydrogen-bond acceptors (Lipinski definition) is 6. The SMILES string of the molecule is CC(=O)C(C)OC(=O)c1ccc(N2CCCCC2)c(S(=O)(=O)N2CCCCC2)c1. The van der Waals surface area contributed by atoms with Crippen LogP contribution in [0.15, 0.2) is 23.1 Å². The molecule has 0 N–H and O–H groups in total. The summed E-state index contributed by atoms with van der Waals surface area (Å²) in [7, 11) is -3.73. The van der Waals surface area contributed by atoms with Crippen LogP contribution in [0.4, 0.5) is 5.69 Å². The molecule has 0 saturated carbocycles. The number of Topliss-reactive ketones (excluding diaryl/α,β-unsaturated/α-hetero) is 1. The number of rotatable bonds is 6. The van der Waals surface area contributed by atoms with Crippen LogP contribution in [0.2, 0.25) is 0 Å². The molecule has 7 nitrogen and oxygen atoms in total. The maximum atomic E-state index is 13.4. The van der Waals surface area contributed by atoms with Gasteiger partial charge in [0.25, 0.3) is 0 Å². The Morgan fingerprint density at radius 2 is 1.55 bits per heavy atom. The Bertz CT molecular complexity index is 856. The smallest absolute Gasteiger partial charge is 0.338 e. The minimum atomic E-state index is -3.73. The van der Waals surface area contributed by atoms with Crippen molar-refractivity contribution in [1.82, 2.24) is 4.31 Å². The van der Waals surface area contributed by atoms with E-state index < -0.39 is 22.1 Å². The molecule has 29 heavy (non-hydrogen) atoms. The van der Waals surface area contributed by atoms with Gasteiger partial charge in [0.1, 0.15) is 4.90 Å². The second-order valence-corrected chi connectivity index (χ2v) is 9.76. The summed E-state index contributed by atoms with van der Waals surface area (Å²) in [5, 5.41) is 0. The van der Waals surface area contributed by atoms with Crippen molar-refractivity contribution in [1.29, 1.82) is 0 Å². The van der Waals surface area contributed by atoms with E-state index in [2.05, 4.69) is 4.90 Å². The van der Waals surface area contributed by atoms with Crippen molar-refractivity contribution in [3.05, 3.63) is 23.8 Å². The van der Waals surface area contributed by atoms with Crippen molar-refractivity contribution in [3.63, 3.8) is 0 Å². The van der Waals surface area contributed by atoms with Gasteiger partial charge in [-0.1, -0.05) is 6.42 Å². The summed E-state index contributed by atoms with van der Waals surface area (Å²) in [6.07, 6.45) is 5.02. The maximum Gasteiger partial charge on any atom is 0.338 e. The van der Waals surface area contributed by atoms with Gasteiger partial charge in [-0.25, -0.2) is 13.2 Å². The number of carbonyl (C=O) groups is 2. The number of esters is 1. The molecule has 0 aliphatic carbocycles. The number of sulfonamides is 1. The summed E-state index contributed by atoms with van der Waals surface area (Å²) >= 11 is 0. The molecule has 2 saturated heterocycles. The Morgan fingerprint density at radius 1 is 0.966 bits per heavy atom. The summed E-state index contributed by atoms with van der Waals surface area (Å²) < 4.78 is 33.6. The van der Waals surface area contributed by atoms with Crippen LogP contribution in [0.5, 0.6) is 0 Å². The van der Waals surface area contributed by atoms with E-state index in [1.54, 1.807) is 12.1 Å². The molecule has 0 spiro atoms. The number of ether oxygens (including phenoxy) is 1. The highest BCUT2D eigenvalue weighted by Gasteiger charge is 2.31. The molecule has 2 aliphatic heterocycles. The average molecular weight is 423 g/mol. The van der Waals surface area contributed by atoms with E-state index in [0.29, 0.717) is 18.8 Å². The molecule has 1 aromatic carbocycles. The lowest BCUT2D eigenvalue weighted by atomic mass is 10.1. The molecule has 0 radical (unpaired) electrons. The Kier molecular flexibility index (Phi) is 6.95. The van der Waals surface area contributed by atoms with E-state index >= 15 is 0 Å². The number of nitrogens with zero attached hydrogens (tertiary/aromatic N) is 2. The first-order valence-corrected chi connectivity index (χ1v) is 11.9. The number of piperidine rings is 2. The van der Waals surface area contributed by atoms with Gasteiger partial charge in [0.05, 0.1) is 11.3 Å². The number of benzene rings is 1. The Hall–Kier alpha value is -1.93. The third-order valence-corrected chi connectivity index (χ3v) is 7.61. The molecule has 1 aromatic rings. The number of ketones is 1. The van der Waals surface area contributed by atoms with Crippen molar-refractivity contribution < 1.29 is 22.7 Å². The zero-order chi connectivity index (χ0) is 21.0. The molecule has 2 heterocycles. The third kappa shape index (κ3) is 4.98. The monoisotopic (exact) mass is 422 g/mol. The molecule has 0 aromatic heterocycles. The molecule has 0 bridgehead atoms. The van der Waals surface area contributed by atoms with Crippen LogP contribution in [0.1, 0.15) is 62.7 Å². The lowest BCUT2D eigenvalue weighted by Gasteiger charge is -2.33. The van der Waals surface area contributed by atoms with Gasteiger partial charge in [-0.05, 0) is 64.2 Å². The molecule has 3 rings (SSSR count). The van der Waals surface area contributed by atoms with Crippen LogP contribution in [0.3, 0.4) is 0 Å². The van der Waals surface area contributed by atoms with Crippen LogP contribution in [0.25, 0.3) is 0 Å². The second kappa shape index (κ2) is 9.26. The summed E-state index contributed by atoms with van der Waals surface area (Å²) in [5.74, 6) is -0.947. The number of anilines is 1. The fourth-order valence-electron chi connectivity index (χ4n) is 3.80. The predicted octanol–water partition coefficient (Wildman–Crippen LogP) is 2.99. The second-order valence-electron chi connectivity index (χ2n) is 7.85. The van der Waals surface area contributed by atoms with Crippen molar-refractivity contribution in [2.24, 2.45) is 0 Å². The van der Waals surface area contributed by atoms with Crippen LogP contribution < -0.4 is 4.90 Å². The predicted molar refractivity (Wildman–Crippen MR) is 111 cm³/mol. The Morgan fingerprint density at radius 3 is 2.14 bits per heavy atom. The zero-order valence-corrected chi connectivity index (χ0v) is 18.0. The summed E-state index contributed by atoms with van der Waals surface area (Å²) in [4.78, 5) is 26.2. The van der Waals surface area contributed by atoms with E-state index in [1.165, 1.54) is 24.2 Å². The minimum absolute atomic E-state index is 0.148. The summed E-state index contributed by atoms with van der Waals surface area (Å²) in [5.41, 5.74) is 0.792. The van der Waals surface area contributed by atoms with E-state index in [-0.39, 0.29) is 16.2 Å². The van der Waals surface area contributed by atoms with Crippen molar-refractivity contribution >= 4 is 27.5 Å². The average Bonchev–Trinajstić information content (AvgIpc) is 2.74. The number of carbonyl (C=O) groups excluding carboxylic acids is 2. The molecule has 8 heteroatoms. The highest BCUT2D eigenvalue weighted by Crippen LogP contribution is 2.32. The van der Waals surface area contributed by atoms with Crippen molar-refractivity contribution in [3.8, 4) is 0 Å². The van der Waals surface area contributed by atoms with Gasteiger partial charge in [-0.3, -0.25) is 4.79 Å². The van der Waals surface area contributed by atoms with Crippen LogP contribution in [-0.4, -0.2) is 56.8 Å². The van der Waals surface area contributed by atoms with E-state index in [9.17, 15) is 18.0 Å². The normalized spacial score (nSPS) is 19.6. The van der Waals surface area contributed by atoms with Gasteiger partial charge in [-0.15, -0.1) is 0 Å². The van der Waals surface area contributed by atoms with Gasteiger partial charge in [0.15, 0.2) is 11.9 Å². The number of hydrogen-bond donors (Lipinski definition) is 0. The minimum Gasteiger partial charge on any atom is -0.451 e. The Labute approximate surface area is 173 Å². The first kappa shape index (κ1) is 21.8. The quantitative estimate of drug-likeness (QED) is 0.656. The van der Waals surface area contributed by atoms with E-state index in [0.717, 1.165) is 51.6 Å². The van der Waals surface area contributed by atoms with Gasteiger partial charge in [0.2, 0.25) is 10.0 Å². The standard InChI is InChI=1S/C21H30N2O5S/c1-16(24)17(2)28-21(25)18-9-10-19(22-11-5-3-6-12-22)20(15-18)29(26,27)23-13-7-4-8-14-23/h9-10,15,17H,3-8,11-14H2,1-2H3. The Balaban J connectivity index is 1.99. The van der Waals surface area contributed by atoms with Crippen LogP contribution in [0, 0.1) is 0 Å². The van der Waals surface area contributed by atoms with E-state index in [1.807, 2.05) is 0 Å². The van der Waals surface area contributed by atoms with Crippen LogP contribution in [-0.2, 0) is 19.6 Å². The van der Waals surface area contributed by atoms with Crippen LogP contribution >= 0.6 is 0 Å². The highest BCUT2D eigenvalue weighted by molar-refractivity contribution is 7.89. The molecule has 1 atom stereocenters. The van der Waals surface area contributed by atoms with Gasteiger partial charge in [-0.2, -0.15) is 4.31 Å². The van der Waals surface area contributed by atoms with Gasteiger partial charge < -0.3 is 9.64 Å². The third-order valence-electron chi connectivity index (χ3n) is 5.68. The molecule has 2 aliphatic rings. The van der Waals surface area contributed by atoms with Gasteiger partial charge >= 0.3 is 5.97 Å². The molecule has 1 unspecified atom stereocenters. The molecule has 2 fully saturated rings. The molecule has 0 amide bonds. The first-order chi connectivity index (χ1) is 13.8. The highest BCUT2D eigenvalue weighted by atomic mass is 32.2. The largest absolute Gasteiger partial charge is 0.451 e. The lowest BCUT2D eigenvalue weighted by Crippen LogP contribution is -2.37. The fourth-order valence-corrected chi connectivity index (χ4v) is 5.55. The van der Waals surface area contributed by atoms with Crippen molar-refractivity contribution in [2.45, 2.75) is 63.4 Å². The zero-order valence-electron chi connectivity index (χ0n) is 17.2. The fraction of sp³-hybridized carbons (Fsp3) is 0.619. The maximum absolute atomic E-state index is 13.4.